The van der Waals surface area contributed by atoms with E-state index < -0.39 is 48.7 Å². The molecule has 1 aromatic rings. The summed E-state index contributed by atoms with van der Waals surface area (Å²) < 4.78 is 12.5. The summed E-state index contributed by atoms with van der Waals surface area (Å²) in [5.41, 5.74) is 0.178. The van der Waals surface area contributed by atoms with Crippen LogP contribution in [0.15, 0.2) is 6.07 Å². The average Bonchev–Trinajstić information content (AvgIpc) is 3.02. The number of nitrogens with zero attached hydrogens (tertiary/aromatic N) is 2. The largest absolute Gasteiger partial charge is 0.496 e. The third-order valence-electron chi connectivity index (χ3n) is 9.02. The summed E-state index contributed by atoms with van der Waals surface area (Å²) >= 11 is 0. The molecule has 2 unspecified atom stereocenters. The van der Waals surface area contributed by atoms with Gasteiger partial charge in [-0.25, -0.2) is 14.5 Å². The van der Waals surface area contributed by atoms with Crippen molar-refractivity contribution in [2.45, 2.75) is 116 Å². The molecule has 1 spiro atoms. The zero-order valence-electron chi connectivity index (χ0n) is 26.3. The molecule has 0 aromatic heterocycles. The summed E-state index contributed by atoms with van der Waals surface area (Å²) in [7, 11) is -0.815. The lowest BCUT2D eigenvalue weighted by atomic mass is 9.62. The van der Waals surface area contributed by atoms with Crippen molar-refractivity contribution in [2.75, 3.05) is 25.2 Å². The zero-order chi connectivity index (χ0) is 30.8. The first-order valence-corrected chi connectivity index (χ1v) is 16.9. The van der Waals surface area contributed by atoms with Crippen molar-refractivity contribution in [1.29, 1.82) is 0 Å². The van der Waals surface area contributed by atoms with Crippen LogP contribution >= 0.6 is 0 Å². The van der Waals surface area contributed by atoms with Crippen molar-refractivity contribution in [3.8, 4) is 5.75 Å². The predicted molar refractivity (Wildman–Crippen MR) is 158 cm³/mol. The first kappa shape index (κ1) is 31.9. The minimum atomic E-state index is -2.36. The van der Waals surface area contributed by atoms with Crippen molar-refractivity contribution in [3.05, 3.63) is 22.8 Å². The Kier molecular flexibility index (Phi) is 8.02. The maximum Gasteiger partial charge on any atom is 0.418 e. The minimum Gasteiger partial charge on any atom is -0.496 e. The Morgan fingerprint density at radius 2 is 1.55 bits per heavy atom. The van der Waals surface area contributed by atoms with E-state index >= 15 is 0 Å². The molecule has 2 aliphatic rings. The van der Waals surface area contributed by atoms with Gasteiger partial charge in [0.2, 0.25) is 5.91 Å². The molecule has 1 aromatic carbocycles. The van der Waals surface area contributed by atoms with E-state index in [1.165, 1.54) is 4.90 Å². The van der Waals surface area contributed by atoms with Gasteiger partial charge in [0.15, 0.2) is 8.32 Å². The van der Waals surface area contributed by atoms with Gasteiger partial charge in [-0.2, -0.15) is 0 Å². The van der Waals surface area contributed by atoms with Crippen molar-refractivity contribution in [1.82, 2.24) is 4.90 Å². The number of carbonyl (C=O) groups excluding carboxylic acids is 1. The van der Waals surface area contributed by atoms with Crippen molar-refractivity contribution in [2.24, 2.45) is 0 Å². The predicted octanol–water partition coefficient (Wildman–Crippen LogP) is 6.72. The van der Waals surface area contributed by atoms with Gasteiger partial charge < -0.3 is 24.3 Å². The zero-order valence-corrected chi connectivity index (χ0v) is 27.3. The Hall–Kier alpha value is -2.59. The van der Waals surface area contributed by atoms with E-state index in [4.69, 9.17) is 9.16 Å². The van der Waals surface area contributed by atoms with Gasteiger partial charge in [0.25, 0.3) is 0 Å². The van der Waals surface area contributed by atoms with Gasteiger partial charge in [0.05, 0.1) is 25.4 Å². The molecular formula is C30H48N2O7Si. The number of benzene rings is 1. The standard InChI is InChI=1S/C30H48N2O7Si/c1-27(2,3)22-19(38-10)16-18-21(23(22)28(4,5)6)30(24(33)32(18)26(36)37)14-13-15-31(25(34)35)20(30)17-39-40(11,12)29(7,8)9/h16,20H,13-15,17H2,1-12H3,(H,34,35)(H,36,37). The summed E-state index contributed by atoms with van der Waals surface area (Å²) in [5.74, 6) is -0.115. The molecular weight excluding hydrogens is 528 g/mol. The Balaban J connectivity index is 2.50. The Labute approximate surface area is 240 Å². The Morgan fingerprint density at radius 3 is 1.98 bits per heavy atom. The molecule has 3 rings (SSSR count). The van der Waals surface area contributed by atoms with Gasteiger partial charge in [0.1, 0.15) is 11.2 Å². The maximum absolute atomic E-state index is 14.6. The SMILES string of the molecule is COc1cc2c(c(C(C)(C)C)c1C(C)(C)C)C1(CCCN(C(=O)O)C1CO[Si](C)(C)C(C)(C)C)C(=O)N2C(=O)O. The molecule has 0 bridgehead atoms. The fraction of sp³-hybridized carbons (Fsp3) is 0.700. The van der Waals surface area contributed by atoms with E-state index in [1.807, 2.05) is 20.8 Å². The van der Waals surface area contributed by atoms with Gasteiger partial charge in [-0.05, 0) is 52.9 Å². The van der Waals surface area contributed by atoms with Gasteiger partial charge >= 0.3 is 12.2 Å². The third-order valence-corrected chi connectivity index (χ3v) is 13.5. The Bertz CT molecular complexity index is 1210. The molecule has 0 aliphatic carbocycles. The lowest BCUT2D eigenvalue weighted by molar-refractivity contribution is -0.127. The van der Waals surface area contributed by atoms with Crippen LogP contribution in [-0.4, -0.2) is 67.8 Å². The molecule has 2 aliphatic heterocycles. The molecule has 224 valence electrons. The highest BCUT2D eigenvalue weighted by atomic mass is 28.4. The van der Waals surface area contributed by atoms with E-state index in [1.54, 1.807) is 13.2 Å². The molecule has 3 amide bonds. The molecule has 2 atom stereocenters. The van der Waals surface area contributed by atoms with Crippen LogP contribution in [-0.2, 0) is 25.5 Å². The molecule has 0 radical (unpaired) electrons. The minimum absolute atomic E-state index is 0.00188. The van der Waals surface area contributed by atoms with E-state index in [-0.39, 0.29) is 23.9 Å². The molecule has 0 saturated carbocycles. The second-order valence-electron chi connectivity index (χ2n) is 14.8. The highest BCUT2D eigenvalue weighted by Crippen LogP contribution is 2.57. The summed E-state index contributed by atoms with van der Waals surface area (Å²) in [6.07, 6.45) is -1.81. The lowest BCUT2D eigenvalue weighted by Crippen LogP contribution is -2.63. The molecule has 10 heteroatoms. The number of carboxylic acid groups (broad SMARTS) is 2. The van der Waals surface area contributed by atoms with Crippen LogP contribution in [0.3, 0.4) is 0 Å². The fourth-order valence-electron chi connectivity index (χ4n) is 6.16. The summed E-state index contributed by atoms with van der Waals surface area (Å²) in [6.45, 7) is 23.0. The average molecular weight is 577 g/mol. The molecule has 1 saturated heterocycles. The van der Waals surface area contributed by atoms with Crippen LogP contribution in [0.5, 0.6) is 5.75 Å². The van der Waals surface area contributed by atoms with E-state index in [0.29, 0.717) is 24.2 Å². The highest BCUT2D eigenvalue weighted by molar-refractivity contribution is 6.74. The summed E-state index contributed by atoms with van der Waals surface area (Å²) in [6, 6.07) is 0.753. The second-order valence-corrected chi connectivity index (χ2v) is 19.6. The summed E-state index contributed by atoms with van der Waals surface area (Å²) in [4.78, 5) is 42.1. The van der Waals surface area contributed by atoms with Gasteiger partial charge in [-0.15, -0.1) is 0 Å². The van der Waals surface area contributed by atoms with Crippen LogP contribution in [0.4, 0.5) is 15.3 Å². The summed E-state index contributed by atoms with van der Waals surface area (Å²) in [5, 5.41) is 20.6. The second kappa shape index (κ2) is 10.0. The quantitative estimate of drug-likeness (QED) is 0.382. The van der Waals surface area contributed by atoms with Gasteiger partial charge in [-0.3, -0.25) is 4.79 Å². The number of amides is 3. The van der Waals surface area contributed by atoms with Gasteiger partial charge in [-0.1, -0.05) is 62.3 Å². The topological polar surface area (TPSA) is 117 Å². The smallest absolute Gasteiger partial charge is 0.418 e. The van der Waals surface area contributed by atoms with Crippen molar-refractivity contribution >= 4 is 32.1 Å². The number of ether oxygens (including phenoxy) is 1. The van der Waals surface area contributed by atoms with Gasteiger partial charge in [0, 0.05) is 18.2 Å². The molecule has 2 N–H and O–H groups in total. The third kappa shape index (κ3) is 5.02. The maximum atomic E-state index is 14.6. The number of likely N-dealkylation sites (tertiary alicyclic amines) is 1. The van der Waals surface area contributed by atoms with Crippen LogP contribution < -0.4 is 9.64 Å². The van der Waals surface area contributed by atoms with E-state index in [9.17, 15) is 24.6 Å². The van der Waals surface area contributed by atoms with Crippen LogP contribution in [0.2, 0.25) is 18.1 Å². The monoisotopic (exact) mass is 576 g/mol. The van der Waals surface area contributed by atoms with E-state index in [0.717, 1.165) is 16.0 Å². The highest BCUT2D eigenvalue weighted by Gasteiger charge is 2.63. The first-order chi connectivity index (χ1) is 18.0. The molecule has 9 nitrogen and oxygen atoms in total. The lowest BCUT2D eigenvalue weighted by Gasteiger charge is -2.49. The van der Waals surface area contributed by atoms with Crippen molar-refractivity contribution < 1.29 is 33.8 Å². The first-order valence-electron chi connectivity index (χ1n) is 14.0. The molecule has 2 heterocycles. The van der Waals surface area contributed by atoms with Crippen molar-refractivity contribution in [3.63, 3.8) is 0 Å². The number of anilines is 1. The Morgan fingerprint density at radius 1 is 1.00 bits per heavy atom. The molecule has 40 heavy (non-hydrogen) atoms. The number of hydrogen-bond acceptors (Lipinski definition) is 5. The fourth-order valence-corrected chi connectivity index (χ4v) is 7.16. The van der Waals surface area contributed by atoms with Crippen LogP contribution in [0, 0.1) is 0 Å². The number of piperidine rings is 1. The van der Waals surface area contributed by atoms with Crippen LogP contribution in [0.25, 0.3) is 0 Å². The number of imide groups is 1. The van der Waals surface area contributed by atoms with E-state index in [2.05, 4.69) is 54.6 Å². The number of carbonyl (C=O) groups is 3. The number of methoxy groups -OCH3 is 1. The van der Waals surface area contributed by atoms with Crippen LogP contribution in [0.1, 0.15) is 91.8 Å². The number of hydrogen-bond donors (Lipinski definition) is 2. The normalized spacial score (nSPS) is 22.1. The number of rotatable bonds is 4. The molecule has 1 fully saturated rings. The number of fused-ring (bicyclic) bond motifs is 2.